The van der Waals surface area contributed by atoms with Gasteiger partial charge < -0.3 is 10.0 Å². The van der Waals surface area contributed by atoms with E-state index in [1.165, 1.54) is 12.1 Å². The largest absolute Gasteiger partial charge is 0.507 e. The summed E-state index contributed by atoms with van der Waals surface area (Å²) >= 11 is 0. The first-order valence-electron chi connectivity index (χ1n) is 10.5. The Morgan fingerprint density at radius 2 is 1.55 bits per heavy atom. The van der Waals surface area contributed by atoms with Crippen LogP contribution in [0.15, 0.2) is 59.5 Å². The molecule has 3 aromatic rings. The highest BCUT2D eigenvalue weighted by Crippen LogP contribution is 2.37. The summed E-state index contributed by atoms with van der Waals surface area (Å²) in [5, 5.41) is 10.4. The number of sulfonamides is 1. The van der Waals surface area contributed by atoms with Crippen molar-refractivity contribution in [2.24, 2.45) is 0 Å². The highest BCUT2D eigenvalue weighted by Gasteiger charge is 2.25. The molecule has 0 amide bonds. The third-order valence-electron chi connectivity index (χ3n) is 5.95. The van der Waals surface area contributed by atoms with Gasteiger partial charge in [0.2, 0.25) is 0 Å². The molecule has 4 rings (SSSR count). The quantitative estimate of drug-likeness (QED) is 0.563. The molecule has 1 fully saturated rings. The van der Waals surface area contributed by atoms with Gasteiger partial charge in [0.25, 0.3) is 10.0 Å². The average molecular weight is 437 g/mol. The number of nitrogens with one attached hydrogen (secondary N) is 1. The van der Waals surface area contributed by atoms with Crippen LogP contribution in [-0.4, -0.2) is 26.6 Å². The van der Waals surface area contributed by atoms with Gasteiger partial charge in [0.1, 0.15) is 10.6 Å². The Kier molecular flexibility index (Phi) is 5.67. The van der Waals surface area contributed by atoms with E-state index in [2.05, 4.69) is 16.5 Å². The second-order valence-electron chi connectivity index (χ2n) is 8.21. The molecule has 0 aromatic heterocycles. The van der Waals surface area contributed by atoms with Crippen LogP contribution in [-0.2, 0) is 10.0 Å². The zero-order valence-corrected chi connectivity index (χ0v) is 19.0. The SMILES string of the molecule is Cc1cc(C)c(N2CCCC2)c(C)c1NS(=O)(=O)c1cc(-c2ccccc2)ccc1O. The van der Waals surface area contributed by atoms with Gasteiger partial charge in [0.15, 0.2) is 0 Å². The first kappa shape index (κ1) is 21.2. The van der Waals surface area contributed by atoms with Crippen molar-refractivity contribution in [3.8, 4) is 16.9 Å². The third kappa shape index (κ3) is 4.12. The number of hydrogen-bond donors (Lipinski definition) is 2. The lowest BCUT2D eigenvalue weighted by atomic mass is 10.0. The van der Waals surface area contributed by atoms with Crippen molar-refractivity contribution < 1.29 is 13.5 Å². The molecule has 0 atom stereocenters. The fourth-order valence-corrected chi connectivity index (χ4v) is 5.81. The van der Waals surface area contributed by atoms with Crippen molar-refractivity contribution in [2.45, 2.75) is 38.5 Å². The van der Waals surface area contributed by atoms with Crippen LogP contribution in [0.4, 0.5) is 11.4 Å². The summed E-state index contributed by atoms with van der Waals surface area (Å²) < 4.78 is 29.5. The van der Waals surface area contributed by atoms with Gasteiger partial charge in [-0.3, -0.25) is 4.72 Å². The molecule has 1 saturated heterocycles. The van der Waals surface area contributed by atoms with Crippen molar-refractivity contribution >= 4 is 21.4 Å². The fourth-order valence-electron chi connectivity index (χ4n) is 4.49. The van der Waals surface area contributed by atoms with Crippen molar-refractivity contribution in [3.05, 3.63) is 71.3 Å². The molecule has 1 heterocycles. The number of benzene rings is 3. The van der Waals surface area contributed by atoms with E-state index in [-0.39, 0.29) is 10.6 Å². The van der Waals surface area contributed by atoms with E-state index in [1.54, 1.807) is 6.07 Å². The molecule has 0 bridgehead atoms. The van der Waals surface area contributed by atoms with Gasteiger partial charge in [-0.25, -0.2) is 8.42 Å². The molecule has 0 aliphatic carbocycles. The first-order chi connectivity index (χ1) is 14.8. The van der Waals surface area contributed by atoms with Crippen LogP contribution < -0.4 is 9.62 Å². The van der Waals surface area contributed by atoms with E-state index in [9.17, 15) is 13.5 Å². The minimum atomic E-state index is -3.99. The Bertz CT molecular complexity index is 1220. The Morgan fingerprint density at radius 1 is 0.871 bits per heavy atom. The van der Waals surface area contributed by atoms with E-state index in [4.69, 9.17) is 0 Å². The van der Waals surface area contributed by atoms with Crippen LogP contribution >= 0.6 is 0 Å². The van der Waals surface area contributed by atoms with E-state index in [0.717, 1.165) is 59.4 Å². The van der Waals surface area contributed by atoms with Crippen molar-refractivity contribution in [2.75, 3.05) is 22.7 Å². The summed E-state index contributed by atoms with van der Waals surface area (Å²) in [6.45, 7) is 7.91. The van der Waals surface area contributed by atoms with Gasteiger partial charge in [-0.05, 0) is 73.6 Å². The number of aryl methyl sites for hydroxylation is 2. The molecule has 3 aromatic carbocycles. The molecular formula is C25H28N2O3S. The summed E-state index contributed by atoms with van der Waals surface area (Å²) in [5.41, 5.74) is 6.22. The molecule has 5 nitrogen and oxygen atoms in total. The summed E-state index contributed by atoms with van der Waals surface area (Å²) in [6, 6.07) is 16.2. The molecule has 0 saturated carbocycles. The molecule has 31 heavy (non-hydrogen) atoms. The van der Waals surface area contributed by atoms with Gasteiger partial charge in [0, 0.05) is 18.8 Å². The van der Waals surface area contributed by atoms with E-state index in [0.29, 0.717) is 5.69 Å². The molecular weight excluding hydrogens is 408 g/mol. The number of anilines is 2. The Morgan fingerprint density at radius 3 is 2.23 bits per heavy atom. The summed E-state index contributed by atoms with van der Waals surface area (Å²) in [5.74, 6) is -0.269. The summed E-state index contributed by atoms with van der Waals surface area (Å²) in [4.78, 5) is 2.20. The average Bonchev–Trinajstić information content (AvgIpc) is 3.26. The highest BCUT2D eigenvalue weighted by molar-refractivity contribution is 7.92. The van der Waals surface area contributed by atoms with E-state index < -0.39 is 10.0 Å². The Labute approximate surface area is 184 Å². The van der Waals surface area contributed by atoms with Crippen LogP contribution in [0.5, 0.6) is 5.75 Å². The van der Waals surface area contributed by atoms with Gasteiger partial charge in [-0.2, -0.15) is 0 Å². The molecule has 1 aliphatic rings. The predicted octanol–water partition coefficient (Wildman–Crippen LogP) is 5.39. The van der Waals surface area contributed by atoms with Crippen LogP contribution in [0, 0.1) is 20.8 Å². The molecule has 0 radical (unpaired) electrons. The standard InChI is InChI=1S/C25H28N2O3S/c1-17-15-18(2)25(27-13-7-8-14-27)19(3)24(17)26-31(29,30)23-16-21(11-12-22(23)28)20-9-5-4-6-10-20/h4-6,9-12,15-16,26,28H,7-8,13-14H2,1-3H3. The normalized spacial score (nSPS) is 14.1. The van der Waals surface area contributed by atoms with Gasteiger partial charge in [-0.15, -0.1) is 0 Å². The lowest BCUT2D eigenvalue weighted by molar-refractivity contribution is 0.459. The van der Waals surface area contributed by atoms with Crippen LogP contribution in [0.3, 0.4) is 0 Å². The number of nitrogens with zero attached hydrogens (tertiary/aromatic N) is 1. The Hall–Kier alpha value is -2.99. The number of aromatic hydroxyl groups is 1. The third-order valence-corrected chi connectivity index (χ3v) is 7.33. The minimum absolute atomic E-state index is 0.129. The molecule has 1 aliphatic heterocycles. The summed E-state index contributed by atoms with van der Waals surface area (Å²) in [7, 11) is -3.99. The minimum Gasteiger partial charge on any atom is -0.507 e. The van der Waals surface area contributed by atoms with Crippen LogP contribution in [0.1, 0.15) is 29.5 Å². The van der Waals surface area contributed by atoms with Gasteiger partial charge in [0.05, 0.1) is 5.69 Å². The smallest absolute Gasteiger partial charge is 0.265 e. The lowest BCUT2D eigenvalue weighted by Crippen LogP contribution is -2.22. The molecule has 0 unspecified atom stereocenters. The maximum Gasteiger partial charge on any atom is 0.265 e. The zero-order valence-electron chi connectivity index (χ0n) is 18.1. The molecule has 0 spiro atoms. The van der Waals surface area contributed by atoms with Crippen LogP contribution in [0.25, 0.3) is 11.1 Å². The number of phenolic OH excluding ortho intramolecular Hbond substituents is 1. The maximum absolute atomic E-state index is 13.3. The molecule has 6 heteroatoms. The zero-order chi connectivity index (χ0) is 22.2. The second kappa shape index (κ2) is 8.27. The van der Waals surface area contributed by atoms with Crippen LogP contribution in [0.2, 0.25) is 0 Å². The van der Waals surface area contributed by atoms with E-state index >= 15 is 0 Å². The topological polar surface area (TPSA) is 69.6 Å². The number of rotatable bonds is 5. The fraction of sp³-hybridized carbons (Fsp3) is 0.280. The van der Waals surface area contributed by atoms with Crippen molar-refractivity contribution in [1.29, 1.82) is 0 Å². The van der Waals surface area contributed by atoms with Gasteiger partial charge >= 0.3 is 0 Å². The van der Waals surface area contributed by atoms with Crippen molar-refractivity contribution in [1.82, 2.24) is 0 Å². The van der Waals surface area contributed by atoms with E-state index in [1.807, 2.05) is 50.2 Å². The molecule has 162 valence electrons. The number of phenols is 1. The van der Waals surface area contributed by atoms with Gasteiger partial charge in [-0.1, -0.05) is 42.5 Å². The lowest BCUT2D eigenvalue weighted by Gasteiger charge is -2.26. The monoisotopic (exact) mass is 436 g/mol. The molecule has 2 N–H and O–H groups in total. The Balaban J connectivity index is 1.76. The highest BCUT2D eigenvalue weighted by atomic mass is 32.2. The first-order valence-corrected chi connectivity index (χ1v) is 12.0. The number of hydrogen-bond acceptors (Lipinski definition) is 4. The van der Waals surface area contributed by atoms with Crippen molar-refractivity contribution in [3.63, 3.8) is 0 Å². The predicted molar refractivity (Wildman–Crippen MR) is 126 cm³/mol. The second-order valence-corrected chi connectivity index (χ2v) is 9.86. The summed E-state index contributed by atoms with van der Waals surface area (Å²) in [6.07, 6.45) is 2.29. The maximum atomic E-state index is 13.3.